The van der Waals surface area contributed by atoms with Crippen molar-refractivity contribution in [3.05, 3.63) is 108 Å². The maximum absolute atomic E-state index is 2.40. The molecule has 2 heteroatoms. The quantitative estimate of drug-likeness (QED) is 0.220. The summed E-state index contributed by atoms with van der Waals surface area (Å²) in [4.78, 5) is 2.66. The molecule has 0 aliphatic carbocycles. The van der Waals surface area contributed by atoms with Crippen LogP contribution in [0.5, 0.6) is 0 Å². The Bertz CT molecular complexity index is 1710. The summed E-state index contributed by atoms with van der Waals surface area (Å²) in [7, 11) is 0. The van der Waals surface area contributed by atoms with Gasteiger partial charge in [-0.2, -0.15) is 0 Å². The van der Waals surface area contributed by atoms with Crippen LogP contribution in [0.4, 0.5) is 0 Å². The van der Waals surface area contributed by atoms with E-state index in [2.05, 4.69) is 111 Å². The van der Waals surface area contributed by atoms with Gasteiger partial charge in [0.05, 0.1) is 0 Å². The summed E-state index contributed by atoms with van der Waals surface area (Å²) >= 11 is 3.78. The first-order valence-corrected chi connectivity index (χ1v) is 13.2. The number of fused-ring (bicyclic) bond motifs is 5. The van der Waals surface area contributed by atoms with Crippen LogP contribution in [-0.4, -0.2) is 0 Å². The van der Waals surface area contributed by atoms with Crippen LogP contribution in [0.15, 0.2) is 97.1 Å². The van der Waals surface area contributed by atoms with Crippen molar-refractivity contribution in [1.82, 2.24) is 0 Å². The van der Waals surface area contributed by atoms with E-state index in [1.54, 1.807) is 0 Å². The average molecular weight is 471 g/mol. The molecule has 0 spiro atoms. The van der Waals surface area contributed by atoms with E-state index in [4.69, 9.17) is 0 Å². The number of rotatable bonds is 2. The van der Waals surface area contributed by atoms with E-state index in [1.165, 1.54) is 73.7 Å². The van der Waals surface area contributed by atoms with Crippen molar-refractivity contribution in [3.8, 4) is 20.9 Å². The maximum Gasteiger partial charge on any atom is 0.0355 e. The molecule has 5 aromatic carbocycles. The second-order valence-electron chi connectivity index (χ2n) is 9.24. The van der Waals surface area contributed by atoms with Crippen molar-refractivity contribution in [2.75, 3.05) is 0 Å². The van der Waals surface area contributed by atoms with Gasteiger partial charge in [-0.05, 0) is 93.7 Å². The largest absolute Gasteiger partial charge is 0.135 e. The van der Waals surface area contributed by atoms with E-state index < -0.39 is 0 Å². The van der Waals surface area contributed by atoms with E-state index >= 15 is 0 Å². The second kappa shape index (κ2) is 7.53. The molecular formula is C32H22S2. The molecule has 0 bridgehead atoms. The van der Waals surface area contributed by atoms with E-state index in [1.807, 2.05) is 22.7 Å². The van der Waals surface area contributed by atoms with Gasteiger partial charge in [0, 0.05) is 19.2 Å². The van der Waals surface area contributed by atoms with Crippen molar-refractivity contribution in [3.63, 3.8) is 0 Å². The highest BCUT2D eigenvalue weighted by atomic mass is 32.1. The predicted molar refractivity (Wildman–Crippen MR) is 153 cm³/mol. The lowest BCUT2D eigenvalue weighted by atomic mass is 9.99. The smallest absolute Gasteiger partial charge is 0.0355 e. The Balaban J connectivity index is 1.41. The summed E-state index contributed by atoms with van der Waals surface area (Å²) in [5.74, 6) is 0. The number of aryl methyl sites for hydroxylation is 2. The Morgan fingerprint density at radius 2 is 0.824 bits per heavy atom. The summed E-state index contributed by atoms with van der Waals surface area (Å²) in [6.45, 7) is 4.28. The molecule has 2 aromatic heterocycles. The van der Waals surface area contributed by atoms with Gasteiger partial charge in [0.2, 0.25) is 0 Å². The van der Waals surface area contributed by atoms with Gasteiger partial charge in [-0.15, -0.1) is 22.7 Å². The minimum atomic E-state index is 1.30. The fourth-order valence-corrected chi connectivity index (χ4v) is 7.03. The predicted octanol–water partition coefficient (Wildman–Crippen LogP) is 10.4. The summed E-state index contributed by atoms with van der Waals surface area (Å²) in [6, 6.07) is 36.4. The molecule has 0 saturated carbocycles. The van der Waals surface area contributed by atoms with Crippen molar-refractivity contribution < 1.29 is 0 Å². The maximum atomic E-state index is 2.40. The van der Waals surface area contributed by atoms with Gasteiger partial charge < -0.3 is 0 Å². The Morgan fingerprint density at radius 3 is 1.24 bits per heavy atom. The fraction of sp³-hybridized carbons (Fsp3) is 0.0625. The molecular weight excluding hydrogens is 448 g/mol. The second-order valence-corrected chi connectivity index (χ2v) is 11.4. The molecule has 0 N–H and O–H groups in total. The standard InChI is InChI=1S/C32H22S2/c1-19-3-7-21(8-4-19)29-15-25-13-23-11-12-24-14-26-16-30(22-9-5-20(2)6-10-22)34-32(26)18-28(24)27(23)17-31(25)33-29/h3-18H,1-2H3. The van der Waals surface area contributed by atoms with Gasteiger partial charge >= 0.3 is 0 Å². The lowest BCUT2D eigenvalue weighted by Gasteiger charge is -2.05. The number of benzene rings is 5. The molecule has 7 aromatic rings. The molecule has 0 nitrogen and oxygen atoms in total. The molecule has 0 atom stereocenters. The van der Waals surface area contributed by atoms with Crippen LogP contribution in [0.1, 0.15) is 11.1 Å². The monoisotopic (exact) mass is 470 g/mol. The number of hydrogen-bond acceptors (Lipinski definition) is 2. The average Bonchev–Trinajstić information content (AvgIpc) is 3.45. The van der Waals surface area contributed by atoms with Crippen LogP contribution in [0.3, 0.4) is 0 Å². The summed E-state index contributed by atoms with van der Waals surface area (Å²) in [5.41, 5.74) is 5.19. The van der Waals surface area contributed by atoms with Gasteiger partial charge in [-0.1, -0.05) is 71.8 Å². The van der Waals surface area contributed by atoms with E-state index in [0.717, 1.165) is 0 Å². The van der Waals surface area contributed by atoms with Crippen molar-refractivity contribution in [2.45, 2.75) is 13.8 Å². The van der Waals surface area contributed by atoms with Crippen LogP contribution in [0, 0.1) is 13.8 Å². The van der Waals surface area contributed by atoms with Crippen molar-refractivity contribution in [1.29, 1.82) is 0 Å². The van der Waals surface area contributed by atoms with E-state index in [-0.39, 0.29) is 0 Å². The number of hydrogen-bond donors (Lipinski definition) is 0. The first-order chi connectivity index (χ1) is 16.6. The van der Waals surface area contributed by atoms with Gasteiger partial charge in [-0.3, -0.25) is 0 Å². The van der Waals surface area contributed by atoms with Gasteiger partial charge in [-0.25, -0.2) is 0 Å². The molecule has 162 valence electrons. The van der Waals surface area contributed by atoms with Crippen LogP contribution >= 0.6 is 22.7 Å². The highest BCUT2D eigenvalue weighted by Gasteiger charge is 2.11. The Kier molecular flexibility index (Phi) is 4.42. The molecule has 0 saturated heterocycles. The Morgan fingerprint density at radius 1 is 0.412 bits per heavy atom. The molecule has 0 aliphatic heterocycles. The zero-order valence-electron chi connectivity index (χ0n) is 19.1. The van der Waals surface area contributed by atoms with E-state index in [0.29, 0.717) is 0 Å². The SMILES string of the molecule is Cc1ccc(-c2cc3cc4ccc5cc6cc(-c7ccc(C)cc7)sc6cc5c4cc3s2)cc1. The lowest BCUT2D eigenvalue weighted by Crippen LogP contribution is -1.78. The third-order valence-electron chi connectivity index (χ3n) is 6.78. The zero-order valence-corrected chi connectivity index (χ0v) is 20.7. The lowest BCUT2D eigenvalue weighted by molar-refractivity contribution is 1.48. The minimum Gasteiger partial charge on any atom is -0.135 e. The van der Waals surface area contributed by atoms with Gasteiger partial charge in [0.25, 0.3) is 0 Å². The minimum absolute atomic E-state index is 1.30. The summed E-state index contributed by atoms with van der Waals surface area (Å²) in [5, 5.41) is 7.95. The van der Waals surface area contributed by atoms with Crippen LogP contribution < -0.4 is 0 Å². The third kappa shape index (κ3) is 3.26. The summed E-state index contributed by atoms with van der Waals surface area (Å²) in [6.07, 6.45) is 0. The molecule has 0 amide bonds. The first kappa shape index (κ1) is 20.0. The molecule has 0 fully saturated rings. The van der Waals surface area contributed by atoms with E-state index in [9.17, 15) is 0 Å². The molecule has 0 unspecified atom stereocenters. The Labute approximate surface area is 206 Å². The van der Waals surface area contributed by atoms with Crippen LogP contribution in [0.2, 0.25) is 0 Å². The highest BCUT2D eigenvalue weighted by Crippen LogP contribution is 2.40. The molecule has 0 aliphatic rings. The fourth-order valence-electron chi connectivity index (χ4n) is 4.85. The number of thiophene rings is 2. The highest BCUT2D eigenvalue weighted by molar-refractivity contribution is 7.22. The topological polar surface area (TPSA) is 0 Å². The molecule has 0 radical (unpaired) electrons. The first-order valence-electron chi connectivity index (χ1n) is 11.6. The van der Waals surface area contributed by atoms with Gasteiger partial charge in [0.15, 0.2) is 0 Å². The normalized spacial score (nSPS) is 11.8. The third-order valence-corrected chi connectivity index (χ3v) is 9.08. The summed E-state index contributed by atoms with van der Waals surface area (Å²) < 4.78 is 2.70. The van der Waals surface area contributed by atoms with Crippen molar-refractivity contribution >= 4 is 64.4 Å². The van der Waals surface area contributed by atoms with Crippen LogP contribution in [-0.2, 0) is 0 Å². The van der Waals surface area contributed by atoms with Crippen molar-refractivity contribution in [2.24, 2.45) is 0 Å². The molecule has 34 heavy (non-hydrogen) atoms. The molecule has 2 heterocycles. The van der Waals surface area contributed by atoms with Crippen LogP contribution in [0.25, 0.3) is 62.6 Å². The zero-order chi connectivity index (χ0) is 22.8. The Hall–Kier alpha value is -3.46. The molecule has 7 rings (SSSR count). The van der Waals surface area contributed by atoms with Gasteiger partial charge in [0.1, 0.15) is 0 Å².